The highest BCUT2D eigenvalue weighted by Gasteiger charge is 2.28. The number of likely N-dealkylation sites (tertiary alicyclic amines) is 1. The molecule has 2 N–H and O–H groups in total. The van der Waals surface area contributed by atoms with Gasteiger partial charge in [0.15, 0.2) is 0 Å². The van der Waals surface area contributed by atoms with Crippen molar-refractivity contribution in [2.45, 2.75) is 57.5 Å². The van der Waals surface area contributed by atoms with E-state index in [2.05, 4.69) is 0 Å². The average Bonchev–Trinajstić information content (AvgIpc) is 2.49. The third-order valence-corrected chi connectivity index (χ3v) is 4.50. The van der Waals surface area contributed by atoms with Crippen molar-refractivity contribution in [3.63, 3.8) is 0 Å². The number of nitrogens with zero attached hydrogens (tertiary/aromatic N) is 1. The Balaban J connectivity index is 1.81. The fraction of sp³-hybridized carbons (Fsp3) is 0.588. The maximum atomic E-state index is 12.4. The summed E-state index contributed by atoms with van der Waals surface area (Å²) >= 11 is 5.87. The summed E-state index contributed by atoms with van der Waals surface area (Å²) in [6.07, 6.45) is 5.72. The molecular weight excluding hydrogens is 284 g/mol. The number of halogens is 1. The SMILES string of the molecule is CC(N)C1CCCCN1C(=O)CCCc1ccc(Cl)cc1. The molecule has 0 bridgehead atoms. The second-order valence-corrected chi connectivity index (χ2v) is 6.43. The Labute approximate surface area is 132 Å². The summed E-state index contributed by atoms with van der Waals surface area (Å²) in [5.41, 5.74) is 7.25. The van der Waals surface area contributed by atoms with Crippen LogP contribution in [0.1, 0.15) is 44.6 Å². The Morgan fingerprint density at radius 3 is 2.76 bits per heavy atom. The summed E-state index contributed by atoms with van der Waals surface area (Å²) in [4.78, 5) is 14.4. The van der Waals surface area contributed by atoms with Crippen LogP contribution in [0, 0.1) is 0 Å². The third-order valence-electron chi connectivity index (χ3n) is 4.25. The smallest absolute Gasteiger partial charge is 0.222 e. The van der Waals surface area contributed by atoms with Gasteiger partial charge >= 0.3 is 0 Å². The Morgan fingerprint density at radius 2 is 2.10 bits per heavy atom. The molecule has 0 spiro atoms. The Bertz CT molecular complexity index is 458. The normalized spacial score (nSPS) is 20.3. The molecule has 21 heavy (non-hydrogen) atoms. The number of benzene rings is 1. The lowest BCUT2D eigenvalue weighted by molar-refractivity contribution is -0.135. The van der Waals surface area contributed by atoms with E-state index in [0.29, 0.717) is 6.42 Å². The van der Waals surface area contributed by atoms with E-state index in [1.807, 2.05) is 36.1 Å². The number of hydrogen-bond acceptors (Lipinski definition) is 2. The maximum absolute atomic E-state index is 12.4. The van der Waals surface area contributed by atoms with Gasteiger partial charge in [0.05, 0.1) is 0 Å². The molecule has 4 heteroatoms. The Morgan fingerprint density at radius 1 is 1.38 bits per heavy atom. The van der Waals surface area contributed by atoms with E-state index in [1.54, 1.807) is 0 Å². The van der Waals surface area contributed by atoms with Crippen LogP contribution >= 0.6 is 11.6 Å². The number of piperidine rings is 1. The van der Waals surface area contributed by atoms with Gasteiger partial charge < -0.3 is 10.6 Å². The maximum Gasteiger partial charge on any atom is 0.222 e. The molecule has 0 saturated carbocycles. The highest BCUT2D eigenvalue weighted by atomic mass is 35.5. The van der Waals surface area contributed by atoms with Crippen LogP contribution < -0.4 is 5.73 Å². The molecule has 2 unspecified atom stereocenters. The molecule has 1 saturated heterocycles. The van der Waals surface area contributed by atoms with Gasteiger partial charge in [0.25, 0.3) is 0 Å². The zero-order chi connectivity index (χ0) is 15.2. The van der Waals surface area contributed by atoms with Gasteiger partial charge in [-0.05, 0) is 56.7 Å². The Kier molecular flexibility index (Phi) is 6.07. The van der Waals surface area contributed by atoms with Gasteiger partial charge in [-0.2, -0.15) is 0 Å². The van der Waals surface area contributed by atoms with E-state index in [-0.39, 0.29) is 18.0 Å². The second kappa shape index (κ2) is 7.81. The van der Waals surface area contributed by atoms with Crippen molar-refractivity contribution in [3.05, 3.63) is 34.9 Å². The minimum Gasteiger partial charge on any atom is -0.338 e. The molecule has 1 amide bonds. The van der Waals surface area contributed by atoms with Crippen LogP contribution in [-0.4, -0.2) is 29.4 Å². The van der Waals surface area contributed by atoms with Crippen molar-refractivity contribution in [1.82, 2.24) is 4.90 Å². The van der Waals surface area contributed by atoms with Crippen molar-refractivity contribution < 1.29 is 4.79 Å². The van der Waals surface area contributed by atoms with Gasteiger partial charge in [0.1, 0.15) is 0 Å². The topological polar surface area (TPSA) is 46.3 Å². The molecule has 1 aliphatic heterocycles. The highest BCUT2D eigenvalue weighted by Crippen LogP contribution is 2.20. The summed E-state index contributed by atoms with van der Waals surface area (Å²) in [5.74, 6) is 0.256. The largest absolute Gasteiger partial charge is 0.338 e. The fourth-order valence-electron chi connectivity index (χ4n) is 3.05. The van der Waals surface area contributed by atoms with Gasteiger partial charge in [0, 0.05) is 30.1 Å². The lowest BCUT2D eigenvalue weighted by atomic mass is 9.96. The van der Waals surface area contributed by atoms with Crippen molar-refractivity contribution >= 4 is 17.5 Å². The molecule has 0 radical (unpaired) electrons. The molecule has 1 aromatic rings. The van der Waals surface area contributed by atoms with Crippen LogP contribution in [0.25, 0.3) is 0 Å². The summed E-state index contributed by atoms with van der Waals surface area (Å²) in [6, 6.07) is 8.13. The first-order chi connectivity index (χ1) is 10.1. The van der Waals surface area contributed by atoms with Crippen LogP contribution in [0.2, 0.25) is 5.02 Å². The molecular formula is C17H25ClN2O. The summed E-state index contributed by atoms with van der Waals surface area (Å²) in [5, 5.41) is 0.753. The molecule has 116 valence electrons. The van der Waals surface area contributed by atoms with Gasteiger partial charge in [-0.3, -0.25) is 4.79 Å². The van der Waals surface area contributed by atoms with Crippen molar-refractivity contribution in [3.8, 4) is 0 Å². The monoisotopic (exact) mass is 308 g/mol. The third kappa shape index (κ3) is 4.72. The fourth-order valence-corrected chi connectivity index (χ4v) is 3.18. The molecule has 1 fully saturated rings. The average molecular weight is 309 g/mol. The van der Waals surface area contributed by atoms with E-state index < -0.39 is 0 Å². The molecule has 2 rings (SSSR count). The number of carbonyl (C=O) groups is 1. The van der Waals surface area contributed by atoms with Crippen LogP contribution in [0.4, 0.5) is 0 Å². The quantitative estimate of drug-likeness (QED) is 0.906. The van der Waals surface area contributed by atoms with Gasteiger partial charge in [0.2, 0.25) is 5.91 Å². The molecule has 1 aromatic carbocycles. The molecule has 0 aliphatic carbocycles. The predicted molar refractivity (Wildman–Crippen MR) is 87.4 cm³/mol. The van der Waals surface area contributed by atoms with Gasteiger partial charge in [-0.25, -0.2) is 0 Å². The molecule has 2 atom stereocenters. The highest BCUT2D eigenvalue weighted by molar-refractivity contribution is 6.30. The molecule has 3 nitrogen and oxygen atoms in total. The lowest BCUT2D eigenvalue weighted by Crippen LogP contribution is -2.51. The number of aryl methyl sites for hydroxylation is 1. The molecule has 1 aliphatic rings. The minimum absolute atomic E-state index is 0.0607. The standard InChI is InChI=1S/C17H25ClN2O/c1-13(19)16-6-2-3-12-20(16)17(21)7-4-5-14-8-10-15(18)11-9-14/h8-11,13,16H,2-7,12,19H2,1H3. The van der Waals surface area contributed by atoms with E-state index in [9.17, 15) is 4.79 Å². The van der Waals surface area contributed by atoms with Crippen LogP contribution in [0.15, 0.2) is 24.3 Å². The van der Waals surface area contributed by atoms with Gasteiger partial charge in [-0.15, -0.1) is 0 Å². The Hall–Kier alpha value is -1.06. The number of carbonyl (C=O) groups excluding carboxylic acids is 1. The number of hydrogen-bond donors (Lipinski definition) is 1. The van der Waals surface area contributed by atoms with E-state index in [1.165, 1.54) is 12.0 Å². The van der Waals surface area contributed by atoms with Crippen molar-refractivity contribution in [2.24, 2.45) is 5.73 Å². The van der Waals surface area contributed by atoms with E-state index in [0.717, 1.165) is 37.3 Å². The van der Waals surface area contributed by atoms with Crippen LogP contribution in [-0.2, 0) is 11.2 Å². The summed E-state index contributed by atoms with van der Waals surface area (Å²) in [7, 11) is 0. The van der Waals surface area contributed by atoms with E-state index >= 15 is 0 Å². The summed E-state index contributed by atoms with van der Waals surface area (Å²) < 4.78 is 0. The van der Waals surface area contributed by atoms with Gasteiger partial charge in [-0.1, -0.05) is 23.7 Å². The molecule has 0 aromatic heterocycles. The van der Waals surface area contributed by atoms with Crippen LogP contribution in [0.5, 0.6) is 0 Å². The number of rotatable bonds is 5. The first kappa shape index (κ1) is 16.3. The number of nitrogens with two attached hydrogens (primary N) is 1. The lowest BCUT2D eigenvalue weighted by Gasteiger charge is -2.38. The number of amides is 1. The zero-order valence-corrected chi connectivity index (χ0v) is 13.5. The second-order valence-electron chi connectivity index (χ2n) is 5.99. The van der Waals surface area contributed by atoms with Crippen molar-refractivity contribution in [2.75, 3.05) is 6.54 Å². The van der Waals surface area contributed by atoms with Crippen LogP contribution in [0.3, 0.4) is 0 Å². The van der Waals surface area contributed by atoms with E-state index in [4.69, 9.17) is 17.3 Å². The van der Waals surface area contributed by atoms with Crippen molar-refractivity contribution in [1.29, 1.82) is 0 Å². The first-order valence-electron chi connectivity index (χ1n) is 7.87. The predicted octanol–water partition coefficient (Wildman–Crippen LogP) is 3.39. The molecule has 1 heterocycles. The first-order valence-corrected chi connectivity index (χ1v) is 8.25. The minimum atomic E-state index is 0.0607. The zero-order valence-electron chi connectivity index (χ0n) is 12.7. The summed E-state index contributed by atoms with van der Waals surface area (Å²) in [6.45, 7) is 2.87.